The van der Waals surface area contributed by atoms with Gasteiger partial charge in [-0.1, -0.05) is 24.3 Å². The van der Waals surface area contributed by atoms with Crippen LogP contribution >= 0.6 is 23.6 Å². The van der Waals surface area contributed by atoms with Crippen LogP contribution in [0.3, 0.4) is 0 Å². The smallest absolute Gasteiger partial charge is 0.153 e. The quantitative estimate of drug-likeness (QED) is 0.340. The molecule has 0 radical (unpaired) electrons. The molecule has 0 unspecified atom stereocenters. The summed E-state index contributed by atoms with van der Waals surface area (Å²) in [6, 6.07) is 14.6. The van der Waals surface area contributed by atoms with E-state index in [9.17, 15) is 8.78 Å². The molecular weight excluding hydrogens is 368 g/mol. The molecule has 1 heterocycles. The minimum atomic E-state index is -0.746. The first-order valence-corrected chi connectivity index (χ1v) is 9.63. The van der Waals surface area contributed by atoms with Crippen LogP contribution in [-0.2, 0) is 6.42 Å². The zero-order valence-corrected chi connectivity index (χ0v) is 15.5. The second kappa shape index (κ2) is 7.20. The highest BCUT2D eigenvalue weighted by Crippen LogP contribution is 2.37. The number of nitrogens with zero attached hydrogens (tertiary/aromatic N) is 1. The summed E-state index contributed by atoms with van der Waals surface area (Å²) in [5.74, 6) is -0.618. The molecule has 5 heteroatoms. The Morgan fingerprint density at radius 2 is 1.62 bits per heavy atom. The van der Waals surface area contributed by atoms with Crippen molar-refractivity contribution in [3.8, 4) is 21.6 Å². The SMILES string of the molecule is Fc1cc(-c2ccc(-c3ccc(CC4CC4)s3)cc2)cc(F)c1N=C=S. The van der Waals surface area contributed by atoms with Crippen LogP contribution in [0, 0.1) is 17.6 Å². The Bertz CT molecular complexity index is 974. The molecule has 1 aliphatic carbocycles. The molecule has 0 saturated heterocycles. The van der Waals surface area contributed by atoms with Gasteiger partial charge >= 0.3 is 0 Å². The van der Waals surface area contributed by atoms with E-state index in [1.165, 1.54) is 41.1 Å². The maximum Gasteiger partial charge on any atom is 0.153 e. The van der Waals surface area contributed by atoms with E-state index in [2.05, 4.69) is 29.3 Å². The highest BCUT2D eigenvalue weighted by Gasteiger charge is 2.22. The average Bonchev–Trinajstić information content (AvgIpc) is 3.33. The fraction of sp³-hybridized carbons (Fsp3) is 0.190. The average molecular weight is 383 g/mol. The fourth-order valence-corrected chi connectivity index (χ4v) is 4.18. The van der Waals surface area contributed by atoms with Crippen LogP contribution in [0.1, 0.15) is 17.7 Å². The number of hydrogen-bond acceptors (Lipinski definition) is 3. The predicted molar refractivity (Wildman–Crippen MR) is 106 cm³/mol. The van der Waals surface area contributed by atoms with E-state index in [0.29, 0.717) is 5.56 Å². The first-order chi connectivity index (χ1) is 12.6. The molecule has 0 atom stereocenters. The topological polar surface area (TPSA) is 12.4 Å². The summed E-state index contributed by atoms with van der Waals surface area (Å²) >= 11 is 6.24. The van der Waals surface area contributed by atoms with Crippen molar-refractivity contribution in [1.29, 1.82) is 0 Å². The number of hydrogen-bond donors (Lipinski definition) is 0. The zero-order valence-electron chi connectivity index (χ0n) is 13.8. The normalized spacial score (nSPS) is 13.5. The Labute approximate surface area is 160 Å². The number of rotatable bonds is 5. The first kappa shape index (κ1) is 17.2. The summed E-state index contributed by atoms with van der Waals surface area (Å²) in [4.78, 5) is 6.08. The van der Waals surface area contributed by atoms with E-state index in [1.807, 2.05) is 40.8 Å². The summed E-state index contributed by atoms with van der Waals surface area (Å²) in [5.41, 5.74) is 1.93. The molecule has 130 valence electrons. The highest BCUT2D eigenvalue weighted by molar-refractivity contribution is 7.78. The van der Waals surface area contributed by atoms with Gasteiger partial charge in [0.1, 0.15) is 5.69 Å². The second-order valence-corrected chi connectivity index (χ2v) is 7.83. The Balaban J connectivity index is 1.59. The highest BCUT2D eigenvalue weighted by atomic mass is 32.1. The molecule has 1 nitrogen and oxygen atoms in total. The minimum Gasteiger partial charge on any atom is -0.204 e. The van der Waals surface area contributed by atoms with Gasteiger partial charge in [-0.15, -0.1) is 11.3 Å². The van der Waals surface area contributed by atoms with E-state index >= 15 is 0 Å². The molecule has 26 heavy (non-hydrogen) atoms. The summed E-state index contributed by atoms with van der Waals surface area (Å²) in [6.45, 7) is 0. The monoisotopic (exact) mass is 383 g/mol. The Morgan fingerprint density at radius 3 is 2.23 bits per heavy atom. The van der Waals surface area contributed by atoms with Crippen LogP contribution in [0.5, 0.6) is 0 Å². The summed E-state index contributed by atoms with van der Waals surface area (Å²) in [6.07, 6.45) is 3.88. The van der Waals surface area contributed by atoms with Crippen molar-refractivity contribution in [2.75, 3.05) is 0 Å². The minimum absolute atomic E-state index is 0.401. The molecule has 0 amide bonds. The standard InChI is InChI=1S/C21H15F2NS2/c22-18-10-16(11-19(23)21(18)24-12-25)14-3-5-15(6-4-14)20-8-7-17(26-20)9-13-1-2-13/h3-8,10-11,13H,1-2,9H2. The maximum absolute atomic E-state index is 14.0. The molecule has 1 saturated carbocycles. The molecule has 0 aliphatic heterocycles. The zero-order chi connectivity index (χ0) is 18.1. The van der Waals surface area contributed by atoms with Crippen LogP contribution in [0.25, 0.3) is 21.6 Å². The van der Waals surface area contributed by atoms with Gasteiger partial charge in [0.25, 0.3) is 0 Å². The third-order valence-electron chi connectivity index (χ3n) is 4.53. The molecule has 1 aliphatic rings. The van der Waals surface area contributed by atoms with Gasteiger partial charge < -0.3 is 0 Å². The molecule has 0 N–H and O–H groups in total. The lowest BCUT2D eigenvalue weighted by atomic mass is 10.0. The van der Waals surface area contributed by atoms with Gasteiger partial charge in [0.15, 0.2) is 11.6 Å². The van der Waals surface area contributed by atoms with Crippen molar-refractivity contribution < 1.29 is 8.78 Å². The second-order valence-electron chi connectivity index (χ2n) is 6.48. The number of isothiocyanates is 1. The van der Waals surface area contributed by atoms with E-state index in [-0.39, 0.29) is 0 Å². The fourth-order valence-electron chi connectivity index (χ4n) is 2.96. The molecule has 2 aromatic carbocycles. The molecule has 3 aromatic rings. The van der Waals surface area contributed by atoms with Gasteiger partial charge in [-0.2, -0.15) is 4.99 Å². The molecule has 0 spiro atoms. The van der Waals surface area contributed by atoms with Gasteiger partial charge in [-0.05, 0) is 78.4 Å². The molecule has 1 fully saturated rings. The van der Waals surface area contributed by atoms with Crippen LogP contribution in [0.4, 0.5) is 14.5 Å². The lowest BCUT2D eigenvalue weighted by Crippen LogP contribution is -1.87. The lowest BCUT2D eigenvalue weighted by molar-refractivity contribution is 0.588. The van der Waals surface area contributed by atoms with E-state index < -0.39 is 17.3 Å². The van der Waals surface area contributed by atoms with E-state index in [1.54, 1.807) is 0 Å². The Kier molecular flexibility index (Phi) is 4.77. The van der Waals surface area contributed by atoms with Gasteiger partial charge in [0.2, 0.25) is 0 Å². The van der Waals surface area contributed by atoms with Crippen LogP contribution < -0.4 is 0 Å². The van der Waals surface area contributed by atoms with Crippen molar-refractivity contribution in [2.24, 2.45) is 10.9 Å². The largest absolute Gasteiger partial charge is 0.204 e. The van der Waals surface area contributed by atoms with Crippen molar-refractivity contribution in [3.05, 3.63) is 65.0 Å². The lowest BCUT2D eigenvalue weighted by Gasteiger charge is -2.06. The number of aliphatic imine (C=N–C) groups is 1. The Hall–Kier alpha value is -2.20. The van der Waals surface area contributed by atoms with E-state index in [0.717, 1.165) is 17.0 Å². The summed E-state index contributed by atoms with van der Waals surface area (Å²) in [7, 11) is 0. The Morgan fingerprint density at radius 1 is 0.962 bits per heavy atom. The predicted octanol–water partition coefficient (Wildman–Crippen LogP) is 7.05. The van der Waals surface area contributed by atoms with Crippen molar-refractivity contribution in [2.45, 2.75) is 19.3 Å². The first-order valence-electron chi connectivity index (χ1n) is 8.40. The van der Waals surface area contributed by atoms with Crippen LogP contribution in [-0.4, -0.2) is 5.16 Å². The van der Waals surface area contributed by atoms with Gasteiger partial charge in [-0.3, -0.25) is 0 Å². The number of thiophene rings is 1. The molecule has 0 bridgehead atoms. The van der Waals surface area contributed by atoms with Gasteiger partial charge in [-0.25, -0.2) is 8.78 Å². The summed E-state index contributed by atoms with van der Waals surface area (Å²) in [5, 5.41) is 2.00. The number of benzene rings is 2. The molecule has 4 rings (SSSR count). The number of halogens is 2. The van der Waals surface area contributed by atoms with Crippen molar-refractivity contribution in [1.82, 2.24) is 0 Å². The van der Waals surface area contributed by atoms with Crippen LogP contribution in [0.15, 0.2) is 53.5 Å². The summed E-state index contributed by atoms with van der Waals surface area (Å²) < 4.78 is 28.0. The van der Waals surface area contributed by atoms with Gasteiger partial charge in [0, 0.05) is 9.75 Å². The maximum atomic E-state index is 14.0. The third-order valence-corrected chi connectivity index (χ3v) is 5.77. The number of thiocarbonyl (C=S) groups is 1. The van der Waals surface area contributed by atoms with Crippen LogP contribution in [0.2, 0.25) is 0 Å². The molecular formula is C21H15F2NS2. The molecule has 1 aromatic heterocycles. The van der Waals surface area contributed by atoms with E-state index in [4.69, 9.17) is 0 Å². The van der Waals surface area contributed by atoms with Crippen molar-refractivity contribution >= 4 is 34.4 Å². The van der Waals surface area contributed by atoms with Gasteiger partial charge in [0.05, 0.1) is 5.16 Å². The third kappa shape index (κ3) is 3.65. The van der Waals surface area contributed by atoms with Crippen molar-refractivity contribution in [3.63, 3.8) is 0 Å².